The van der Waals surface area contributed by atoms with Gasteiger partial charge in [0.2, 0.25) is 0 Å². The number of hydrogen-bond acceptors (Lipinski definition) is 2. The van der Waals surface area contributed by atoms with Gasteiger partial charge in [-0.25, -0.2) is 4.39 Å². The quantitative estimate of drug-likeness (QED) is 0.802. The minimum atomic E-state index is -0.127. The Hall–Kier alpha value is -0.930. The number of hydrogen-bond donors (Lipinski definition) is 1. The molecule has 1 rings (SSSR count). The number of rotatable bonds is 7. The standard InChI is InChI=1S/C15H25FN2/c1-12(2)9-14(11-18(3)4)17-10-13-7-5-6-8-15(13)16/h5-8,12,14,17H,9-11H2,1-4H3. The van der Waals surface area contributed by atoms with Crippen molar-refractivity contribution in [2.45, 2.75) is 32.9 Å². The maximum atomic E-state index is 13.5. The fourth-order valence-corrected chi connectivity index (χ4v) is 2.13. The second-order valence-corrected chi connectivity index (χ2v) is 5.56. The highest BCUT2D eigenvalue weighted by molar-refractivity contribution is 5.17. The minimum Gasteiger partial charge on any atom is -0.309 e. The average molecular weight is 252 g/mol. The lowest BCUT2D eigenvalue weighted by atomic mass is 10.0. The monoisotopic (exact) mass is 252 g/mol. The first-order chi connectivity index (χ1) is 8.49. The second-order valence-electron chi connectivity index (χ2n) is 5.56. The van der Waals surface area contributed by atoms with Crippen LogP contribution in [0.3, 0.4) is 0 Å². The van der Waals surface area contributed by atoms with Crippen molar-refractivity contribution >= 4 is 0 Å². The van der Waals surface area contributed by atoms with Gasteiger partial charge in [-0.05, 0) is 32.5 Å². The summed E-state index contributed by atoms with van der Waals surface area (Å²) in [6.07, 6.45) is 1.10. The van der Waals surface area contributed by atoms with Crippen LogP contribution in [0.25, 0.3) is 0 Å². The summed E-state index contributed by atoms with van der Waals surface area (Å²) in [6.45, 7) is 6.01. The molecule has 0 fully saturated rings. The molecule has 1 N–H and O–H groups in total. The third kappa shape index (κ3) is 5.61. The number of nitrogens with one attached hydrogen (secondary N) is 1. The molecule has 0 heterocycles. The first kappa shape index (κ1) is 15.1. The molecule has 0 saturated carbocycles. The summed E-state index contributed by atoms with van der Waals surface area (Å²) in [4.78, 5) is 2.17. The van der Waals surface area contributed by atoms with Crippen molar-refractivity contribution in [3.05, 3.63) is 35.6 Å². The summed E-state index contributed by atoms with van der Waals surface area (Å²) in [5.74, 6) is 0.515. The summed E-state index contributed by atoms with van der Waals surface area (Å²) in [6, 6.07) is 7.36. The van der Waals surface area contributed by atoms with E-state index in [2.05, 4.69) is 38.2 Å². The van der Waals surface area contributed by atoms with Crippen LogP contribution in [0.4, 0.5) is 4.39 Å². The Balaban J connectivity index is 2.53. The van der Waals surface area contributed by atoms with Crippen LogP contribution in [0.15, 0.2) is 24.3 Å². The Morgan fingerprint density at radius 1 is 1.22 bits per heavy atom. The molecule has 0 aliphatic heterocycles. The van der Waals surface area contributed by atoms with Gasteiger partial charge in [0.25, 0.3) is 0 Å². The van der Waals surface area contributed by atoms with Crippen molar-refractivity contribution in [1.82, 2.24) is 10.2 Å². The molecule has 18 heavy (non-hydrogen) atoms. The molecule has 102 valence electrons. The molecular weight excluding hydrogens is 227 g/mol. The van der Waals surface area contributed by atoms with Crippen LogP contribution in [0.1, 0.15) is 25.8 Å². The fraction of sp³-hybridized carbons (Fsp3) is 0.600. The lowest BCUT2D eigenvalue weighted by Gasteiger charge is -2.24. The van der Waals surface area contributed by atoms with E-state index >= 15 is 0 Å². The van der Waals surface area contributed by atoms with E-state index in [1.165, 1.54) is 6.07 Å². The van der Waals surface area contributed by atoms with Gasteiger partial charge >= 0.3 is 0 Å². The molecule has 2 nitrogen and oxygen atoms in total. The van der Waals surface area contributed by atoms with Crippen molar-refractivity contribution in [2.75, 3.05) is 20.6 Å². The molecule has 0 amide bonds. The maximum absolute atomic E-state index is 13.5. The van der Waals surface area contributed by atoms with E-state index in [0.717, 1.165) is 18.5 Å². The molecule has 1 aromatic carbocycles. The van der Waals surface area contributed by atoms with Gasteiger partial charge in [-0.15, -0.1) is 0 Å². The summed E-state index contributed by atoms with van der Waals surface area (Å²) in [7, 11) is 4.14. The van der Waals surface area contributed by atoms with Crippen LogP contribution in [0.2, 0.25) is 0 Å². The van der Waals surface area contributed by atoms with Gasteiger partial charge in [0, 0.05) is 24.7 Å². The zero-order chi connectivity index (χ0) is 13.5. The molecule has 0 saturated heterocycles. The van der Waals surface area contributed by atoms with E-state index in [-0.39, 0.29) is 5.82 Å². The maximum Gasteiger partial charge on any atom is 0.127 e. The van der Waals surface area contributed by atoms with Crippen molar-refractivity contribution < 1.29 is 4.39 Å². The average Bonchev–Trinajstić information content (AvgIpc) is 2.26. The molecule has 1 aromatic rings. The molecule has 0 aromatic heterocycles. The highest BCUT2D eigenvalue weighted by atomic mass is 19.1. The molecule has 1 atom stereocenters. The van der Waals surface area contributed by atoms with Crippen LogP contribution in [0.5, 0.6) is 0 Å². The number of likely N-dealkylation sites (N-methyl/N-ethyl adjacent to an activating group) is 1. The predicted octanol–water partition coefficient (Wildman–Crippen LogP) is 2.89. The largest absolute Gasteiger partial charge is 0.309 e. The van der Waals surface area contributed by atoms with E-state index in [9.17, 15) is 4.39 Å². The number of benzene rings is 1. The molecule has 0 bridgehead atoms. The van der Waals surface area contributed by atoms with Crippen molar-refractivity contribution in [3.8, 4) is 0 Å². The normalized spacial score (nSPS) is 13.3. The predicted molar refractivity (Wildman–Crippen MR) is 75.0 cm³/mol. The number of nitrogens with zero attached hydrogens (tertiary/aromatic N) is 1. The van der Waals surface area contributed by atoms with Crippen LogP contribution in [-0.4, -0.2) is 31.6 Å². The third-order valence-electron chi connectivity index (χ3n) is 2.88. The molecule has 0 aliphatic rings. The SMILES string of the molecule is CC(C)CC(CN(C)C)NCc1ccccc1F. The Morgan fingerprint density at radius 3 is 2.44 bits per heavy atom. The van der Waals surface area contributed by atoms with Gasteiger partial charge in [-0.1, -0.05) is 32.0 Å². The molecular formula is C15H25FN2. The van der Waals surface area contributed by atoms with Crippen LogP contribution in [-0.2, 0) is 6.54 Å². The van der Waals surface area contributed by atoms with Gasteiger partial charge in [0.05, 0.1) is 0 Å². The smallest absolute Gasteiger partial charge is 0.127 e. The Bertz CT molecular complexity index is 340. The molecule has 0 radical (unpaired) electrons. The van der Waals surface area contributed by atoms with Gasteiger partial charge in [-0.3, -0.25) is 0 Å². The highest BCUT2D eigenvalue weighted by Crippen LogP contribution is 2.09. The first-order valence-corrected chi connectivity index (χ1v) is 6.60. The van der Waals surface area contributed by atoms with E-state index in [0.29, 0.717) is 18.5 Å². The van der Waals surface area contributed by atoms with Crippen LogP contribution >= 0.6 is 0 Å². The van der Waals surface area contributed by atoms with Crippen LogP contribution < -0.4 is 5.32 Å². The second kappa shape index (κ2) is 7.49. The van der Waals surface area contributed by atoms with Gasteiger partial charge in [-0.2, -0.15) is 0 Å². The van der Waals surface area contributed by atoms with E-state index in [1.54, 1.807) is 6.07 Å². The van der Waals surface area contributed by atoms with Gasteiger partial charge < -0.3 is 10.2 Å². The van der Waals surface area contributed by atoms with E-state index < -0.39 is 0 Å². The third-order valence-corrected chi connectivity index (χ3v) is 2.88. The Morgan fingerprint density at radius 2 is 1.89 bits per heavy atom. The summed E-state index contributed by atoms with van der Waals surface area (Å²) in [5.41, 5.74) is 0.741. The molecule has 0 spiro atoms. The fourth-order valence-electron chi connectivity index (χ4n) is 2.13. The lowest BCUT2D eigenvalue weighted by molar-refractivity contribution is 0.304. The van der Waals surface area contributed by atoms with Crippen LogP contribution in [0, 0.1) is 11.7 Å². The topological polar surface area (TPSA) is 15.3 Å². The highest BCUT2D eigenvalue weighted by Gasteiger charge is 2.12. The van der Waals surface area contributed by atoms with Gasteiger partial charge in [0.1, 0.15) is 5.82 Å². The van der Waals surface area contributed by atoms with Crippen molar-refractivity contribution in [1.29, 1.82) is 0 Å². The van der Waals surface area contributed by atoms with Crippen molar-refractivity contribution in [3.63, 3.8) is 0 Å². The summed E-state index contributed by atoms with van der Waals surface area (Å²) in [5, 5.41) is 3.46. The summed E-state index contributed by atoms with van der Waals surface area (Å²) < 4.78 is 13.5. The van der Waals surface area contributed by atoms with Crippen molar-refractivity contribution in [2.24, 2.45) is 5.92 Å². The van der Waals surface area contributed by atoms with E-state index in [1.807, 2.05) is 12.1 Å². The summed E-state index contributed by atoms with van der Waals surface area (Å²) >= 11 is 0. The zero-order valence-corrected chi connectivity index (χ0v) is 11.9. The zero-order valence-electron chi connectivity index (χ0n) is 11.9. The molecule has 3 heteroatoms. The molecule has 1 unspecified atom stereocenters. The Labute approximate surface area is 110 Å². The lowest BCUT2D eigenvalue weighted by Crippen LogP contribution is -2.39. The Kier molecular flexibility index (Phi) is 6.30. The van der Waals surface area contributed by atoms with E-state index in [4.69, 9.17) is 0 Å². The molecule has 0 aliphatic carbocycles. The minimum absolute atomic E-state index is 0.127. The number of halogens is 1. The van der Waals surface area contributed by atoms with Gasteiger partial charge in [0.15, 0.2) is 0 Å². The first-order valence-electron chi connectivity index (χ1n) is 6.60.